The van der Waals surface area contributed by atoms with Crippen molar-refractivity contribution in [3.05, 3.63) is 34.2 Å². The van der Waals surface area contributed by atoms with Crippen LogP contribution in [0.2, 0.25) is 0 Å². The molecule has 0 N–H and O–H groups in total. The molecule has 23 heavy (non-hydrogen) atoms. The van der Waals surface area contributed by atoms with Crippen molar-refractivity contribution in [1.29, 1.82) is 0 Å². The summed E-state index contributed by atoms with van der Waals surface area (Å²) in [7, 11) is -3.43. The fourth-order valence-electron chi connectivity index (χ4n) is 2.90. The lowest BCUT2D eigenvalue weighted by Gasteiger charge is -2.30. The third kappa shape index (κ3) is 3.34. The van der Waals surface area contributed by atoms with Crippen molar-refractivity contribution in [3.63, 3.8) is 0 Å². The summed E-state index contributed by atoms with van der Waals surface area (Å²) in [5, 5.41) is 2.95. The predicted octanol–water partition coefficient (Wildman–Crippen LogP) is 3.85. The molecule has 0 spiro atoms. The molecular formula is C17H22N2O2S2. The number of piperidine rings is 1. The first-order valence-corrected chi connectivity index (χ1v) is 10.2. The lowest BCUT2D eigenvalue weighted by atomic mass is 10.0. The van der Waals surface area contributed by atoms with Gasteiger partial charge in [-0.25, -0.2) is 13.4 Å². The van der Waals surface area contributed by atoms with Crippen LogP contribution in [0.15, 0.2) is 28.5 Å². The first kappa shape index (κ1) is 16.6. The van der Waals surface area contributed by atoms with Crippen molar-refractivity contribution >= 4 is 21.4 Å². The van der Waals surface area contributed by atoms with Crippen molar-refractivity contribution in [2.24, 2.45) is 5.92 Å². The summed E-state index contributed by atoms with van der Waals surface area (Å²) in [5.74, 6) is 0.604. The van der Waals surface area contributed by atoms with E-state index in [0.29, 0.717) is 23.9 Å². The average Bonchev–Trinajstić information content (AvgIpc) is 2.94. The molecule has 1 aliphatic heterocycles. The maximum Gasteiger partial charge on any atom is 0.243 e. The molecular weight excluding hydrogens is 328 g/mol. The van der Waals surface area contributed by atoms with Gasteiger partial charge in [0.2, 0.25) is 10.0 Å². The number of hydrogen-bond donors (Lipinski definition) is 0. The van der Waals surface area contributed by atoms with Crippen molar-refractivity contribution in [3.8, 4) is 11.3 Å². The molecule has 124 valence electrons. The van der Waals surface area contributed by atoms with Crippen molar-refractivity contribution < 1.29 is 8.42 Å². The number of rotatable bonds is 3. The zero-order valence-corrected chi connectivity index (χ0v) is 15.4. The second-order valence-corrected chi connectivity index (χ2v) is 9.29. The van der Waals surface area contributed by atoms with Crippen LogP contribution in [-0.2, 0) is 10.0 Å². The molecule has 0 saturated carbocycles. The number of aryl methyl sites for hydroxylation is 2. The largest absolute Gasteiger partial charge is 0.243 e. The van der Waals surface area contributed by atoms with E-state index in [-0.39, 0.29) is 0 Å². The second kappa shape index (κ2) is 6.34. The van der Waals surface area contributed by atoms with E-state index >= 15 is 0 Å². The molecule has 0 atom stereocenters. The van der Waals surface area contributed by atoms with Crippen molar-refractivity contribution in [2.45, 2.75) is 38.5 Å². The topological polar surface area (TPSA) is 50.3 Å². The Morgan fingerprint density at radius 1 is 1.22 bits per heavy atom. The van der Waals surface area contributed by atoms with Gasteiger partial charge in [0.15, 0.2) is 0 Å². The van der Waals surface area contributed by atoms with Crippen LogP contribution in [0.25, 0.3) is 11.3 Å². The molecule has 2 heterocycles. The summed E-state index contributed by atoms with van der Waals surface area (Å²) in [6.45, 7) is 7.22. The first-order valence-electron chi connectivity index (χ1n) is 7.91. The van der Waals surface area contributed by atoms with E-state index in [1.165, 1.54) is 0 Å². The normalized spacial score (nSPS) is 17.5. The van der Waals surface area contributed by atoms with Crippen LogP contribution in [0.4, 0.5) is 0 Å². The highest BCUT2D eigenvalue weighted by molar-refractivity contribution is 7.89. The third-order valence-corrected chi connectivity index (χ3v) is 7.28. The summed E-state index contributed by atoms with van der Waals surface area (Å²) in [4.78, 5) is 4.88. The Morgan fingerprint density at radius 3 is 2.52 bits per heavy atom. The van der Waals surface area contributed by atoms with Gasteiger partial charge in [-0.1, -0.05) is 19.1 Å². The van der Waals surface area contributed by atoms with E-state index in [0.717, 1.165) is 34.7 Å². The van der Waals surface area contributed by atoms with Gasteiger partial charge in [-0.15, -0.1) is 11.3 Å². The highest BCUT2D eigenvalue weighted by Crippen LogP contribution is 2.29. The Bertz CT molecular complexity index is 804. The molecule has 1 fully saturated rings. The van der Waals surface area contributed by atoms with Gasteiger partial charge in [-0.2, -0.15) is 4.31 Å². The van der Waals surface area contributed by atoms with Crippen LogP contribution in [-0.4, -0.2) is 30.8 Å². The van der Waals surface area contributed by atoms with Gasteiger partial charge < -0.3 is 0 Å². The number of nitrogens with zero attached hydrogens (tertiary/aromatic N) is 2. The maximum atomic E-state index is 13.0. The quantitative estimate of drug-likeness (QED) is 0.845. The summed E-state index contributed by atoms with van der Waals surface area (Å²) in [5.41, 5.74) is 2.50. The van der Waals surface area contributed by atoms with Crippen LogP contribution < -0.4 is 0 Å². The standard InChI is InChI=1S/C17H22N2O2S2/c1-12-6-8-19(9-7-12)23(20,21)17-10-15(5-4-13(17)2)16-11-22-14(3)18-16/h4-5,10-12H,6-9H2,1-3H3. The van der Waals surface area contributed by atoms with Crippen molar-refractivity contribution in [1.82, 2.24) is 9.29 Å². The number of aromatic nitrogens is 1. The molecule has 1 saturated heterocycles. The van der Waals surface area contributed by atoms with Gasteiger partial charge in [-0.05, 0) is 44.2 Å². The van der Waals surface area contributed by atoms with E-state index in [4.69, 9.17) is 0 Å². The minimum atomic E-state index is -3.43. The molecule has 2 aromatic rings. The minimum absolute atomic E-state index is 0.412. The molecule has 6 heteroatoms. The molecule has 0 bridgehead atoms. The molecule has 0 amide bonds. The van der Waals surface area contributed by atoms with Crippen LogP contribution in [0, 0.1) is 19.8 Å². The summed E-state index contributed by atoms with van der Waals surface area (Å²) in [6, 6.07) is 5.60. The molecule has 0 radical (unpaired) electrons. The zero-order chi connectivity index (χ0) is 16.6. The van der Waals surface area contributed by atoms with Gasteiger partial charge in [0.05, 0.1) is 15.6 Å². The highest BCUT2D eigenvalue weighted by atomic mass is 32.2. The SMILES string of the molecule is Cc1nc(-c2ccc(C)c(S(=O)(=O)N3CCC(C)CC3)c2)cs1. The van der Waals surface area contributed by atoms with Crippen LogP contribution >= 0.6 is 11.3 Å². The Labute approximate surface area is 142 Å². The smallest absolute Gasteiger partial charge is 0.242 e. The first-order chi connectivity index (χ1) is 10.9. The number of benzene rings is 1. The van der Waals surface area contributed by atoms with Gasteiger partial charge in [0.1, 0.15) is 0 Å². The number of thiazole rings is 1. The Morgan fingerprint density at radius 2 is 1.91 bits per heavy atom. The molecule has 0 aliphatic carbocycles. The highest BCUT2D eigenvalue weighted by Gasteiger charge is 2.29. The summed E-state index contributed by atoms with van der Waals surface area (Å²) in [6.07, 6.45) is 1.87. The Balaban J connectivity index is 1.98. The maximum absolute atomic E-state index is 13.0. The van der Waals surface area contributed by atoms with Crippen LogP contribution in [0.3, 0.4) is 0 Å². The molecule has 3 rings (SSSR count). The number of hydrogen-bond acceptors (Lipinski definition) is 4. The lowest BCUT2D eigenvalue weighted by Crippen LogP contribution is -2.38. The minimum Gasteiger partial charge on any atom is -0.242 e. The Hall–Kier alpha value is -1.24. The van der Waals surface area contributed by atoms with Crippen LogP contribution in [0.5, 0.6) is 0 Å². The van der Waals surface area contributed by atoms with E-state index in [1.54, 1.807) is 21.7 Å². The number of sulfonamides is 1. The van der Waals surface area contributed by atoms with Gasteiger partial charge in [-0.3, -0.25) is 0 Å². The van der Waals surface area contributed by atoms with E-state index in [2.05, 4.69) is 11.9 Å². The van der Waals surface area contributed by atoms with Crippen molar-refractivity contribution in [2.75, 3.05) is 13.1 Å². The Kier molecular flexibility index (Phi) is 4.58. The molecule has 4 nitrogen and oxygen atoms in total. The fraction of sp³-hybridized carbons (Fsp3) is 0.471. The third-order valence-electron chi connectivity index (χ3n) is 4.46. The second-order valence-electron chi connectivity index (χ2n) is 6.32. The molecule has 1 aromatic carbocycles. The predicted molar refractivity (Wildman–Crippen MR) is 94.2 cm³/mol. The fourth-order valence-corrected chi connectivity index (χ4v) is 5.24. The molecule has 0 unspecified atom stereocenters. The van der Waals surface area contributed by atoms with Gasteiger partial charge >= 0.3 is 0 Å². The van der Waals surface area contributed by atoms with E-state index < -0.39 is 10.0 Å². The van der Waals surface area contributed by atoms with Gasteiger partial charge in [0, 0.05) is 24.0 Å². The van der Waals surface area contributed by atoms with E-state index in [1.807, 2.05) is 31.4 Å². The average molecular weight is 351 g/mol. The summed E-state index contributed by atoms with van der Waals surface area (Å²) < 4.78 is 27.7. The molecule has 1 aromatic heterocycles. The summed E-state index contributed by atoms with van der Waals surface area (Å²) >= 11 is 1.57. The van der Waals surface area contributed by atoms with E-state index in [9.17, 15) is 8.42 Å². The zero-order valence-electron chi connectivity index (χ0n) is 13.7. The monoisotopic (exact) mass is 350 g/mol. The molecule has 1 aliphatic rings. The lowest BCUT2D eigenvalue weighted by molar-refractivity contribution is 0.288. The van der Waals surface area contributed by atoms with Gasteiger partial charge in [0.25, 0.3) is 0 Å². The van der Waals surface area contributed by atoms with Crippen LogP contribution in [0.1, 0.15) is 30.3 Å².